The first-order valence-electron chi connectivity index (χ1n) is 6.40. The van der Waals surface area contributed by atoms with Crippen molar-refractivity contribution in [2.75, 3.05) is 11.4 Å². The summed E-state index contributed by atoms with van der Waals surface area (Å²) in [6.07, 6.45) is 0.981. The molecule has 0 unspecified atom stereocenters. The number of benzene rings is 2. The van der Waals surface area contributed by atoms with Gasteiger partial charge in [-0.25, -0.2) is 4.39 Å². The van der Waals surface area contributed by atoms with Crippen LogP contribution >= 0.6 is 15.9 Å². The van der Waals surface area contributed by atoms with Crippen LogP contribution in [0.1, 0.15) is 16.7 Å². The van der Waals surface area contributed by atoms with Crippen molar-refractivity contribution >= 4 is 27.3 Å². The molecule has 0 aromatic heterocycles. The number of halogens is 2. The quantitative estimate of drug-likeness (QED) is 0.724. The minimum absolute atomic E-state index is 0.166. The largest absolute Gasteiger partial charge is 0.341 e. The molecule has 0 spiro atoms. The van der Waals surface area contributed by atoms with Crippen molar-refractivity contribution in [3.05, 3.63) is 58.9 Å². The summed E-state index contributed by atoms with van der Waals surface area (Å²) < 4.78 is 13.4. The lowest BCUT2D eigenvalue weighted by Gasteiger charge is -2.22. The van der Waals surface area contributed by atoms with Crippen LogP contribution in [-0.2, 0) is 11.8 Å². The van der Waals surface area contributed by atoms with E-state index in [2.05, 4.69) is 46.0 Å². The fourth-order valence-electron chi connectivity index (χ4n) is 2.71. The molecule has 1 aliphatic heterocycles. The molecule has 0 amide bonds. The summed E-state index contributed by atoms with van der Waals surface area (Å²) in [4.78, 5) is 2.21. The molecule has 19 heavy (non-hydrogen) atoms. The molecule has 2 aromatic rings. The standard InChI is InChI=1S/C16H15BrFN/c1-11-8-12(10-17)2-5-15(11)19-7-6-13-3-4-14(18)9-16(13)19/h2-5,8-9H,6-7,10H2,1H3. The summed E-state index contributed by atoms with van der Waals surface area (Å²) in [6, 6.07) is 11.5. The van der Waals surface area contributed by atoms with Gasteiger partial charge in [0.2, 0.25) is 0 Å². The summed E-state index contributed by atoms with van der Waals surface area (Å²) in [5.41, 5.74) is 5.91. The molecule has 0 saturated carbocycles. The van der Waals surface area contributed by atoms with Crippen LogP contribution in [0.4, 0.5) is 15.8 Å². The first kappa shape index (κ1) is 12.7. The van der Waals surface area contributed by atoms with Gasteiger partial charge in [-0.05, 0) is 48.2 Å². The number of anilines is 2. The normalized spacial score (nSPS) is 13.7. The van der Waals surface area contributed by atoms with Crippen LogP contribution in [0.5, 0.6) is 0 Å². The topological polar surface area (TPSA) is 3.24 Å². The molecule has 1 aliphatic rings. The van der Waals surface area contributed by atoms with Gasteiger partial charge < -0.3 is 4.90 Å². The predicted octanol–water partition coefficient (Wildman–Crippen LogP) is 4.72. The van der Waals surface area contributed by atoms with E-state index in [0.717, 1.165) is 24.0 Å². The SMILES string of the molecule is Cc1cc(CBr)ccc1N1CCc2ccc(F)cc21. The van der Waals surface area contributed by atoms with Gasteiger partial charge in [0, 0.05) is 23.2 Å². The maximum atomic E-state index is 13.4. The van der Waals surface area contributed by atoms with E-state index in [0.29, 0.717) is 0 Å². The zero-order valence-electron chi connectivity index (χ0n) is 10.8. The Morgan fingerprint density at radius 2 is 2.00 bits per heavy atom. The number of fused-ring (bicyclic) bond motifs is 1. The van der Waals surface area contributed by atoms with Gasteiger partial charge in [-0.2, -0.15) is 0 Å². The molecule has 0 aliphatic carbocycles. The van der Waals surface area contributed by atoms with Crippen molar-refractivity contribution in [2.45, 2.75) is 18.7 Å². The van der Waals surface area contributed by atoms with E-state index in [9.17, 15) is 4.39 Å². The highest BCUT2D eigenvalue weighted by molar-refractivity contribution is 9.08. The van der Waals surface area contributed by atoms with Gasteiger partial charge in [-0.15, -0.1) is 0 Å². The first-order valence-corrected chi connectivity index (χ1v) is 7.52. The van der Waals surface area contributed by atoms with Crippen LogP contribution in [0.15, 0.2) is 36.4 Å². The first-order chi connectivity index (χ1) is 9.19. The van der Waals surface area contributed by atoms with Crippen molar-refractivity contribution in [3.63, 3.8) is 0 Å². The number of nitrogens with zero attached hydrogens (tertiary/aromatic N) is 1. The maximum Gasteiger partial charge on any atom is 0.125 e. The third kappa shape index (κ3) is 2.27. The van der Waals surface area contributed by atoms with E-state index in [4.69, 9.17) is 0 Å². The third-order valence-electron chi connectivity index (χ3n) is 3.65. The number of hydrogen-bond donors (Lipinski definition) is 0. The molecule has 98 valence electrons. The molecule has 1 nitrogen and oxygen atoms in total. The Kier molecular flexibility index (Phi) is 3.31. The van der Waals surface area contributed by atoms with Gasteiger partial charge >= 0.3 is 0 Å². The van der Waals surface area contributed by atoms with Gasteiger partial charge in [-0.3, -0.25) is 0 Å². The number of rotatable bonds is 2. The van der Waals surface area contributed by atoms with Gasteiger partial charge in [0.25, 0.3) is 0 Å². The number of hydrogen-bond acceptors (Lipinski definition) is 1. The van der Waals surface area contributed by atoms with Crippen molar-refractivity contribution in [1.82, 2.24) is 0 Å². The second-order valence-electron chi connectivity index (χ2n) is 4.93. The molecule has 0 N–H and O–H groups in total. The molecular formula is C16H15BrFN. The van der Waals surface area contributed by atoms with Crippen LogP contribution in [0.2, 0.25) is 0 Å². The van der Waals surface area contributed by atoms with E-state index < -0.39 is 0 Å². The second-order valence-corrected chi connectivity index (χ2v) is 5.49. The lowest BCUT2D eigenvalue weighted by molar-refractivity contribution is 0.628. The smallest absolute Gasteiger partial charge is 0.125 e. The highest BCUT2D eigenvalue weighted by Crippen LogP contribution is 2.36. The summed E-state index contributed by atoms with van der Waals surface area (Å²) in [7, 11) is 0. The van der Waals surface area contributed by atoms with Crippen LogP contribution in [-0.4, -0.2) is 6.54 Å². The maximum absolute atomic E-state index is 13.4. The number of aryl methyl sites for hydroxylation is 1. The minimum Gasteiger partial charge on any atom is -0.341 e. The Morgan fingerprint density at radius 3 is 2.74 bits per heavy atom. The summed E-state index contributed by atoms with van der Waals surface area (Å²) >= 11 is 3.47. The molecular weight excluding hydrogens is 305 g/mol. The zero-order chi connectivity index (χ0) is 13.4. The third-order valence-corrected chi connectivity index (χ3v) is 4.30. The predicted molar refractivity (Wildman–Crippen MR) is 80.9 cm³/mol. The van der Waals surface area contributed by atoms with Crippen molar-refractivity contribution in [1.29, 1.82) is 0 Å². The van der Waals surface area contributed by atoms with Crippen molar-refractivity contribution in [2.24, 2.45) is 0 Å². The average molecular weight is 320 g/mol. The van der Waals surface area contributed by atoms with Crippen molar-refractivity contribution < 1.29 is 4.39 Å². The monoisotopic (exact) mass is 319 g/mol. The molecule has 0 radical (unpaired) electrons. The molecule has 0 saturated heterocycles. The minimum atomic E-state index is -0.166. The van der Waals surface area contributed by atoms with Gasteiger partial charge in [0.05, 0.1) is 0 Å². The van der Waals surface area contributed by atoms with E-state index in [-0.39, 0.29) is 5.82 Å². The van der Waals surface area contributed by atoms with Gasteiger partial charge in [0.1, 0.15) is 5.82 Å². The lowest BCUT2D eigenvalue weighted by Crippen LogP contribution is -2.14. The van der Waals surface area contributed by atoms with E-state index >= 15 is 0 Å². The number of alkyl halides is 1. The highest BCUT2D eigenvalue weighted by atomic mass is 79.9. The highest BCUT2D eigenvalue weighted by Gasteiger charge is 2.22. The average Bonchev–Trinajstić information content (AvgIpc) is 2.81. The molecule has 3 heteroatoms. The van der Waals surface area contributed by atoms with Crippen LogP contribution in [0, 0.1) is 12.7 Å². The van der Waals surface area contributed by atoms with E-state index in [1.165, 1.54) is 22.4 Å². The molecule has 0 bridgehead atoms. The van der Waals surface area contributed by atoms with Crippen LogP contribution in [0.25, 0.3) is 0 Å². The van der Waals surface area contributed by atoms with Crippen LogP contribution < -0.4 is 4.90 Å². The molecule has 3 rings (SSSR count). The Hall–Kier alpha value is -1.35. The molecule has 2 aromatic carbocycles. The Labute approximate surface area is 121 Å². The van der Waals surface area contributed by atoms with Crippen molar-refractivity contribution in [3.8, 4) is 0 Å². The lowest BCUT2D eigenvalue weighted by atomic mass is 10.1. The fraction of sp³-hybridized carbons (Fsp3) is 0.250. The molecule has 0 fully saturated rings. The summed E-state index contributed by atoms with van der Waals surface area (Å²) in [5.74, 6) is -0.166. The van der Waals surface area contributed by atoms with Crippen LogP contribution in [0.3, 0.4) is 0 Å². The molecule has 0 atom stereocenters. The Bertz CT molecular complexity index is 624. The second kappa shape index (κ2) is 4.97. The summed E-state index contributed by atoms with van der Waals surface area (Å²) in [5, 5.41) is 0.860. The van der Waals surface area contributed by atoms with Gasteiger partial charge in [0.15, 0.2) is 0 Å². The Morgan fingerprint density at radius 1 is 1.16 bits per heavy atom. The molecule has 1 heterocycles. The fourth-order valence-corrected chi connectivity index (χ4v) is 3.05. The van der Waals surface area contributed by atoms with E-state index in [1.807, 2.05) is 6.07 Å². The van der Waals surface area contributed by atoms with E-state index in [1.54, 1.807) is 12.1 Å². The summed E-state index contributed by atoms with van der Waals surface area (Å²) in [6.45, 7) is 3.03. The zero-order valence-corrected chi connectivity index (χ0v) is 12.4. The van der Waals surface area contributed by atoms with Gasteiger partial charge in [-0.1, -0.05) is 34.1 Å². The Balaban J connectivity index is 2.04.